The number of rotatable bonds is 30. The lowest BCUT2D eigenvalue weighted by Crippen LogP contribution is -2.62. The molecule has 28 nitrogen and oxygen atoms in total. The summed E-state index contributed by atoms with van der Waals surface area (Å²) in [4.78, 5) is 134. The predicted molar refractivity (Wildman–Crippen MR) is 452 cm³/mol. The highest BCUT2D eigenvalue weighted by atomic mass is 16.7. The van der Waals surface area contributed by atoms with Gasteiger partial charge in [0.15, 0.2) is 0 Å². The zero-order valence-corrected chi connectivity index (χ0v) is 80.4. The van der Waals surface area contributed by atoms with Crippen LogP contribution in [0.25, 0.3) is 0 Å². The number of hydrogen-bond acceptors (Lipinski definition) is 28. The van der Waals surface area contributed by atoms with Crippen LogP contribution in [0.3, 0.4) is 0 Å². The molecule has 7 saturated heterocycles. The zero-order chi connectivity index (χ0) is 90.1. The minimum absolute atomic E-state index is 0.0195. The summed E-state index contributed by atoms with van der Waals surface area (Å²) in [5, 5.41) is 13.7. The van der Waals surface area contributed by atoms with Crippen molar-refractivity contribution >= 4 is 41.8 Å². The normalized spacial score (nSPS) is 25.9. The highest BCUT2D eigenvalue weighted by Gasteiger charge is 2.56. The third-order valence-corrected chi connectivity index (χ3v) is 25.1. The van der Waals surface area contributed by atoms with Crippen molar-refractivity contribution in [3.05, 3.63) is 0 Å². The molecule has 118 heavy (non-hydrogen) atoms. The van der Waals surface area contributed by atoms with Gasteiger partial charge in [-0.2, -0.15) is 35.4 Å². The lowest BCUT2D eigenvalue weighted by molar-refractivity contribution is -0.280. The molecule has 7 aliphatic heterocycles. The van der Waals surface area contributed by atoms with Gasteiger partial charge < -0.3 is 67.0 Å². The van der Waals surface area contributed by atoms with Crippen molar-refractivity contribution in [1.82, 2.24) is 35.4 Å². The molecule has 0 aliphatic carbocycles. The maximum Gasteiger partial charge on any atom is 0.310 e. The largest absolute Gasteiger partial charge is 0.462 e. The molecule has 686 valence electrons. The van der Waals surface area contributed by atoms with E-state index in [-0.39, 0.29) is 69.5 Å². The summed E-state index contributed by atoms with van der Waals surface area (Å²) in [5.41, 5.74) is -5.13. The maximum atomic E-state index is 14.9. The molecule has 28 heteroatoms. The van der Waals surface area contributed by atoms with Gasteiger partial charge in [-0.05, 0) is 207 Å². The SMILES string of the molecule is CON1C(C)(C)CC(OC(=O)CC(C(=O)OC2CC(C)(C)N(OC)C(C)(C)C2)C(CC(=O)OC2CC(C)(C)N(OC)C(C)(C)C2)C(=O)OC2CC(C)(C)N(OC)C(C)(C)C2)CC1(C)C.CON1C(C)(C)CC(OC(=O)CCCCCCCCC(=O)OC2CC(C)(C)N(OC)C(C)(C)C2)CC1(C)C.CON1C(C)(C)CC(OC(C)=O)CC1(C)C. The number of ether oxygens (including phenoxy) is 7. The maximum absolute atomic E-state index is 14.9. The fourth-order valence-electron chi connectivity index (χ4n) is 23.3. The number of piperidine rings is 7. The lowest BCUT2D eigenvalue weighted by atomic mass is 9.79. The molecule has 7 heterocycles. The quantitative estimate of drug-likeness (QED) is 0.0367. The van der Waals surface area contributed by atoms with E-state index in [9.17, 15) is 33.6 Å². The molecule has 0 aromatic rings. The summed E-state index contributed by atoms with van der Waals surface area (Å²) in [5.74, 6) is -6.22. The Balaban J connectivity index is 0.000000383. The Kier molecular flexibility index (Phi) is 35.7. The van der Waals surface area contributed by atoms with Gasteiger partial charge in [-0.3, -0.25) is 33.6 Å². The second kappa shape index (κ2) is 40.4. The van der Waals surface area contributed by atoms with E-state index >= 15 is 0 Å². The van der Waals surface area contributed by atoms with Gasteiger partial charge in [-0.1, -0.05) is 25.7 Å². The van der Waals surface area contributed by atoms with Crippen LogP contribution in [-0.2, 0) is 101 Å². The Morgan fingerprint density at radius 1 is 0.229 bits per heavy atom. The average Bonchev–Trinajstić information content (AvgIpc) is 0.794. The summed E-state index contributed by atoms with van der Waals surface area (Å²) in [7, 11) is 11.6. The number of unbranched alkanes of at least 4 members (excludes halogenated alkanes) is 5. The Hall–Kier alpha value is -4.27. The minimum atomic E-state index is -1.44. The van der Waals surface area contributed by atoms with E-state index in [1.54, 1.807) is 49.8 Å². The number of hydrogen-bond donors (Lipinski definition) is 0. The molecule has 0 N–H and O–H groups in total. The van der Waals surface area contributed by atoms with Crippen LogP contribution in [-0.4, -0.2) is 247 Å². The first-order chi connectivity index (χ1) is 53.8. The standard InChI is InChI=1S/C48H86N4O12.C30H56N2O6.C12H23NO3/c1-41(2)23-31(24-42(3,4)49(41)57-17)61-37(53)21-35(39(55)63-33-27-45(9,10)51(59-19)46(11,12)28-33)36(40(56)64-34-29-47(13,14)52(60-20)48(15,16)30-34)22-38(54)62-32-25-43(5,6)50(58-18)44(7,8)26-32;1-27(2)19-23(20-28(3,4)31(27)35-9)37-25(33)17-15-13-11-12-14-16-18-26(34)38-24-21-29(5,6)32(36-10)30(7,8)22-24;1-9(14)16-10-7-11(2,3)13(15-6)12(4,5)8-10/h31-36H,21-30H2,1-20H3;23-24H,11-22H2,1-10H3;10H,7-8H2,1-6H3. The van der Waals surface area contributed by atoms with E-state index < -0.39 is 117 Å². The average molecular weight is 1680 g/mol. The molecule has 0 bridgehead atoms. The number of nitrogens with zero attached hydrogens (tertiary/aromatic N) is 7. The predicted octanol–water partition coefficient (Wildman–Crippen LogP) is 16.0. The highest BCUT2D eigenvalue weighted by Crippen LogP contribution is 2.48. The summed E-state index contributed by atoms with van der Waals surface area (Å²) in [6.07, 6.45) is 11.5. The van der Waals surface area contributed by atoms with Crippen LogP contribution in [0.15, 0.2) is 0 Å². The molecule has 2 atom stereocenters. The molecule has 7 aliphatic rings. The smallest absolute Gasteiger partial charge is 0.310 e. The monoisotopic (exact) mass is 1680 g/mol. The Labute approximate surface area is 711 Å². The Bertz CT molecular complexity index is 3000. The van der Waals surface area contributed by atoms with E-state index in [2.05, 4.69) is 83.1 Å². The van der Waals surface area contributed by atoms with Gasteiger partial charge in [-0.15, -0.1) is 0 Å². The minimum Gasteiger partial charge on any atom is -0.462 e. The third kappa shape index (κ3) is 27.6. The second-order valence-electron chi connectivity index (χ2n) is 43.6. The molecule has 7 fully saturated rings. The first-order valence-corrected chi connectivity index (χ1v) is 43.6. The van der Waals surface area contributed by atoms with E-state index in [0.717, 1.165) is 77.0 Å². The molecule has 0 saturated carbocycles. The van der Waals surface area contributed by atoms with Crippen LogP contribution in [0.4, 0.5) is 0 Å². The number of carbonyl (C=O) groups is 7. The van der Waals surface area contributed by atoms with Gasteiger partial charge in [0.25, 0.3) is 0 Å². The number of esters is 7. The van der Waals surface area contributed by atoms with Crippen LogP contribution in [0.2, 0.25) is 0 Å². The van der Waals surface area contributed by atoms with Crippen LogP contribution in [0.1, 0.15) is 355 Å². The van der Waals surface area contributed by atoms with E-state index in [1.165, 1.54) is 6.92 Å². The van der Waals surface area contributed by atoms with Crippen molar-refractivity contribution < 1.29 is 101 Å². The molecule has 0 spiro atoms. The first kappa shape index (κ1) is 104. The molecule has 2 unspecified atom stereocenters. The summed E-state index contributed by atoms with van der Waals surface area (Å²) in [6.45, 7) is 59.2. The van der Waals surface area contributed by atoms with E-state index in [0.29, 0.717) is 64.2 Å². The van der Waals surface area contributed by atoms with Crippen molar-refractivity contribution in [2.45, 2.75) is 475 Å². The van der Waals surface area contributed by atoms with Crippen molar-refractivity contribution in [3.8, 4) is 0 Å². The van der Waals surface area contributed by atoms with Crippen molar-refractivity contribution in [2.75, 3.05) is 49.8 Å². The van der Waals surface area contributed by atoms with Crippen LogP contribution in [0.5, 0.6) is 0 Å². The van der Waals surface area contributed by atoms with Gasteiger partial charge in [0.1, 0.15) is 42.7 Å². The number of hydroxylamine groups is 14. The Morgan fingerprint density at radius 2 is 0.373 bits per heavy atom. The van der Waals surface area contributed by atoms with Crippen LogP contribution >= 0.6 is 0 Å². The van der Waals surface area contributed by atoms with Crippen LogP contribution < -0.4 is 0 Å². The molecule has 7 rings (SSSR count). The highest BCUT2D eigenvalue weighted by molar-refractivity contribution is 5.89. The Morgan fingerprint density at radius 3 is 0.534 bits per heavy atom. The van der Waals surface area contributed by atoms with E-state index in [4.69, 9.17) is 67.0 Å². The second-order valence-corrected chi connectivity index (χ2v) is 43.6. The van der Waals surface area contributed by atoms with Crippen LogP contribution in [0, 0.1) is 11.8 Å². The van der Waals surface area contributed by atoms with Gasteiger partial charge in [0, 0.05) is 187 Å². The summed E-state index contributed by atoms with van der Waals surface area (Å²) in [6, 6.07) is 0. The summed E-state index contributed by atoms with van der Waals surface area (Å²) < 4.78 is 42.2. The summed E-state index contributed by atoms with van der Waals surface area (Å²) >= 11 is 0. The molecule has 0 aromatic heterocycles. The van der Waals surface area contributed by atoms with Crippen molar-refractivity contribution in [2.24, 2.45) is 11.8 Å². The molecule has 0 amide bonds. The molecule has 0 aromatic carbocycles. The van der Waals surface area contributed by atoms with Gasteiger partial charge in [0.2, 0.25) is 0 Å². The molecule has 0 radical (unpaired) electrons. The van der Waals surface area contributed by atoms with Gasteiger partial charge in [-0.25, -0.2) is 0 Å². The third-order valence-electron chi connectivity index (χ3n) is 25.1. The van der Waals surface area contributed by atoms with E-state index in [1.807, 2.05) is 146 Å². The molecular weight excluding hydrogens is 1520 g/mol. The van der Waals surface area contributed by atoms with Gasteiger partial charge >= 0.3 is 41.8 Å². The van der Waals surface area contributed by atoms with Crippen molar-refractivity contribution in [1.29, 1.82) is 0 Å². The zero-order valence-electron chi connectivity index (χ0n) is 80.4. The van der Waals surface area contributed by atoms with Crippen molar-refractivity contribution in [3.63, 3.8) is 0 Å². The molecular formula is C90H165N7O21. The topological polar surface area (TPSA) is 271 Å². The number of carbonyl (C=O) groups excluding carboxylic acids is 7. The fraction of sp³-hybridized carbons (Fsp3) is 0.922. The lowest BCUT2D eigenvalue weighted by Gasteiger charge is -2.53. The fourth-order valence-corrected chi connectivity index (χ4v) is 23.3. The first-order valence-electron chi connectivity index (χ1n) is 43.6. The van der Waals surface area contributed by atoms with Gasteiger partial charge in [0.05, 0.1) is 74.4 Å².